The minimum Gasteiger partial charge on any atom is -0.387 e. The number of carbonyl (C=O) groups excluding carboxylic acids is 1. The highest BCUT2D eigenvalue weighted by Gasteiger charge is 2.20. The lowest BCUT2D eigenvalue weighted by atomic mass is 10.1. The van der Waals surface area contributed by atoms with E-state index < -0.39 is 10.8 Å². The van der Waals surface area contributed by atoms with Gasteiger partial charge in [0, 0.05) is 61.1 Å². The molecule has 0 fully saturated rings. The van der Waals surface area contributed by atoms with Crippen LogP contribution in [0.2, 0.25) is 0 Å². The van der Waals surface area contributed by atoms with Crippen LogP contribution in [0, 0.1) is 12.3 Å². The van der Waals surface area contributed by atoms with E-state index in [9.17, 15) is 9.00 Å². The maximum atomic E-state index is 12.9. The fourth-order valence-electron chi connectivity index (χ4n) is 3.12. The summed E-state index contributed by atoms with van der Waals surface area (Å²) in [6.07, 6.45) is 4.47. The highest BCUT2D eigenvalue weighted by Crippen LogP contribution is 2.23. The number of aromatic nitrogens is 2. The molecule has 150 valence electrons. The minimum atomic E-state index is -1.39. The van der Waals surface area contributed by atoms with Crippen LogP contribution in [0.15, 0.2) is 58.6 Å². The fourth-order valence-corrected chi connectivity index (χ4v) is 4.37. The summed E-state index contributed by atoms with van der Waals surface area (Å²) in [4.78, 5) is 18.0. The van der Waals surface area contributed by atoms with Crippen LogP contribution in [0.25, 0.3) is 0 Å². The number of nitrogens with zero attached hydrogens (tertiary/aromatic N) is 2. The number of hydrogen-bond donors (Lipinski definition) is 3. The maximum absolute atomic E-state index is 12.9. The van der Waals surface area contributed by atoms with Gasteiger partial charge in [0.05, 0.1) is 15.7 Å². The molecular formula is C21H23N5O2S. The van der Waals surface area contributed by atoms with Gasteiger partial charge in [-0.25, -0.2) is 4.21 Å². The molecule has 0 aliphatic carbocycles. The van der Waals surface area contributed by atoms with Crippen molar-refractivity contribution in [2.75, 3.05) is 12.4 Å². The number of para-hydroxylation sites is 1. The molecule has 7 nitrogen and oxygen atoms in total. The van der Waals surface area contributed by atoms with Gasteiger partial charge in [0.2, 0.25) is 0 Å². The van der Waals surface area contributed by atoms with Crippen molar-refractivity contribution in [2.45, 2.75) is 23.3 Å². The van der Waals surface area contributed by atoms with E-state index in [1.54, 1.807) is 49.3 Å². The summed E-state index contributed by atoms with van der Waals surface area (Å²) in [7, 11) is 2.18. The summed E-state index contributed by atoms with van der Waals surface area (Å²) in [5.74, 6) is -0.254. The fraction of sp³-hybridized carbons (Fsp3) is 0.190. The molecule has 0 saturated carbocycles. The van der Waals surface area contributed by atoms with Crippen molar-refractivity contribution in [3.8, 4) is 0 Å². The molecule has 1 amide bonds. The molecular weight excluding hydrogens is 386 g/mol. The molecule has 0 aliphatic rings. The summed E-state index contributed by atoms with van der Waals surface area (Å²) in [6, 6.07) is 10.7. The third-order valence-corrected chi connectivity index (χ3v) is 6.33. The zero-order valence-electron chi connectivity index (χ0n) is 16.5. The second kappa shape index (κ2) is 8.83. The second-order valence-electron chi connectivity index (χ2n) is 6.45. The Balaban J connectivity index is 1.82. The molecule has 0 spiro atoms. The van der Waals surface area contributed by atoms with E-state index in [0.29, 0.717) is 22.0 Å². The normalized spacial score (nSPS) is 11.7. The Morgan fingerprint density at radius 3 is 2.66 bits per heavy atom. The Kier molecular flexibility index (Phi) is 6.23. The second-order valence-corrected chi connectivity index (χ2v) is 7.90. The first kappa shape index (κ1) is 20.5. The van der Waals surface area contributed by atoms with E-state index in [1.807, 2.05) is 25.1 Å². The first-order valence-corrected chi connectivity index (χ1v) is 10.2. The van der Waals surface area contributed by atoms with Gasteiger partial charge in [-0.05, 0) is 30.7 Å². The Morgan fingerprint density at radius 2 is 2.00 bits per heavy atom. The van der Waals surface area contributed by atoms with Gasteiger partial charge in [-0.2, -0.15) is 0 Å². The number of rotatable bonds is 7. The van der Waals surface area contributed by atoms with Gasteiger partial charge >= 0.3 is 0 Å². The summed E-state index contributed by atoms with van der Waals surface area (Å²) >= 11 is 0. The zero-order valence-corrected chi connectivity index (χ0v) is 17.3. The van der Waals surface area contributed by atoms with Gasteiger partial charge in [-0.3, -0.25) is 9.78 Å². The van der Waals surface area contributed by atoms with Crippen LogP contribution in [0.4, 0.5) is 5.69 Å². The predicted octanol–water partition coefficient (Wildman–Crippen LogP) is 2.86. The van der Waals surface area contributed by atoms with Crippen molar-refractivity contribution < 1.29 is 9.00 Å². The van der Waals surface area contributed by atoms with Crippen molar-refractivity contribution in [3.63, 3.8) is 0 Å². The Morgan fingerprint density at radius 1 is 1.28 bits per heavy atom. The molecule has 0 radical (unpaired) electrons. The standard InChI is InChI=1S/C21H23N5O2S/c1-14-19(29(28)17-7-9-24-10-8-17)11-18(26(14)3)21(27)25-13-16-6-4-5-15(12-22)20(16)23-2/h4-12,22-23H,13H2,1-3H3,(H,25,27). The lowest BCUT2D eigenvalue weighted by Crippen LogP contribution is -2.25. The third-order valence-electron chi connectivity index (χ3n) is 4.81. The van der Waals surface area contributed by atoms with Gasteiger partial charge < -0.3 is 20.6 Å². The predicted molar refractivity (Wildman–Crippen MR) is 114 cm³/mol. The smallest absolute Gasteiger partial charge is 0.268 e. The average Bonchev–Trinajstić information content (AvgIpc) is 3.06. The molecule has 3 rings (SSSR count). The number of anilines is 1. The number of benzene rings is 1. The van der Waals surface area contributed by atoms with Crippen LogP contribution < -0.4 is 10.6 Å². The van der Waals surface area contributed by atoms with E-state index in [0.717, 1.165) is 22.5 Å². The van der Waals surface area contributed by atoms with Crippen LogP contribution in [-0.4, -0.2) is 32.9 Å². The summed E-state index contributed by atoms with van der Waals surface area (Å²) in [5, 5.41) is 13.5. The van der Waals surface area contributed by atoms with Gasteiger partial charge in [-0.15, -0.1) is 0 Å². The first-order valence-electron chi connectivity index (χ1n) is 9.04. The molecule has 29 heavy (non-hydrogen) atoms. The van der Waals surface area contributed by atoms with E-state index >= 15 is 0 Å². The number of hydrogen-bond acceptors (Lipinski definition) is 5. The Bertz CT molecular complexity index is 1080. The maximum Gasteiger partial charge on any atom is 0.268 e. The van der Waals surface area contributed by atoms with Crippen molar-refractivity contribution in [1.29, 1.82) is 5.41 Å². The molecule has 3 aromatic rings. The monoisotopic (exact) mass is 409 g/mol. The third kappa shape index (κ3) is 4.12. The van der Waals surface area contributed by atoms with Crippen LogP contribution in [0.5, 0.6) is 0 Å². The Labute approximate surface area is 172 Å². The van der Waals surface area contributed by atoms with E-state index in [2.05, 4.69) is 15.6 Å². The van der Waals surface area contributed by atoms with E-state index in [4.69, 9.17) is 5.41 Å². The lowest BCUT2D eigenvalue weighted by Gasteiger charge is -2.13. The van der Waals surface area contributed by atoms with Crippen LogP contribution >= 0.6 is 0 Å². The molecule has 1 unspecified atom stereocenters. The van der Waals surface area contributed by atoms with Gasteiger partial charge in [0.15, 0.2) is 0 Å². The quantitative estimate of drug-likeness (QED) is 0.523. The van der Waals surface area contributed by atoms with Crippen molar-refractivity contribution in [3.05, 3.63) is 71.3 Å². The summed E-state index contributed by atoms with van der Waals surface area (Å²) in [5.41, 5.74) is 3.66. The molecule has 3 N–H and O–H groups in total. The zero-order chi connectivity index (χ0) is 21.0. The molecule has 0 saturated heterocycles. The summed E-state index contributed by atoms with van der Waals surface area (Å²) < 4.78 is 14.6. The topological polar surface area (TPSA) is 99.9 Å². The molecule has 2 aromatic heterocycles. The number of amides is 1. The number of pyridine rings is 1. The van der Waals surface area contributed by atoms with Crippen molar-refractivity contribution >= 4 is 28.6 Å². The SMILES string of the molecule is CNc1c(C=N)cccc1CNC(=O)c1cc(S(=O)c2ccncc2)c(C)n1C. The molecule has 1 atom stereocenters. The largest absolute Gasteiger partial charge is 0.387 e. The summed E-state index contributed by atoms with van der Waals surface area (Å²) in [6.45, 7) is 2.15. The van der Waals surface area contributed by atoms with Gasteiger partial charge in [-0.1, -0.05) is 18.2 Å². The van der Waals surface area contributed by atoms with Gasteiger partial charge in [0.1, 0.15) is 5.69 Å². The molecule has 0 aliphatic heterocycles. The Hall–Kier alpha value is -3.26. The molecule has 0 bridgehead atoms. The van der Waals surface area contributed by atoms with E-state index in [1.165, 1.54) is 6.21 Å². The first-order chi connectivity index (χ1) is 14.0. The highest BCUT2D eigenvalue weighted by molar-refractivity contribution is 7.85. The molecule has 2 heterocycles. The molecule has 1 aromatic carbocycles. The lowest BCUT2D eigenvalue weighted by molar-refractivity contribution is 0.0942. The molecule has 8 heteroatoms. The van der Waals surface area contributed by atoms with Crippen LogP contribution in [0.1, 0.15) is 27.3 Å². The van der Waals surface area contributed by atoms with Crippen molar-refractivity contribution in [1.82, 2.24) is 14.9 Å². The van der Waals surface area contributed by atoms with Gasteiger partial charge in [0.25, 0.3) is 5.91 Å². The highest BCUT2D eigenvalue weighted by atomic mass is 32.2. The van der Waals surface area contributed by atoms with Crippen LogP contribution in [-0.2, 0) is 24.4 Å². The van der Waals surface area contributed by atoms with Crippen LogP contribution in [0.3, 0.4) is 0 Å². The van der Waals surface area contributed by atoms with Crippen molar-refractivity contribution in [2.24, 2.45) is 7.05 Å². The number of carbonyl (C=O) groups is 1. The number of nitrogens with one attached hydrogen (secondary N) is 3. The van der Waals surface area contributed by atoms with E-state index in [-0.39, 0.29) is 5.91 Å². The average molecular weight is 410 g/mol. The minimum absolute atomic E-state index is 0.254.